The molecule has 9 heteroatoms. The van der Waals surface area contributed by atoms with Crippen molar-refractivity contribution in [1.29, 1.82) is 0 Å². The molecule has 1 amide bonds. The second-order valence-electron chi connectivity index (χ2n) is 6.26. The lowest BCUT2D eigenvalue weighted by Crippen LogP contribution is -2.25. The summed E-state index contributed by atoms with van der Waals surface area (Å²) in [6.07, 6.45) is 5.19. The third-order valence-electron chi connectivity index (χ3n) is 4.41. The van der Waals surface area contributed by atoms with Crippen molar-refractivity contribution in [2.24, 2.45) is 0 Å². The van der Waals surface area contributed by atoms with E-state index in [-0.39, 0.29) is 5.91 Å². The van der Waals surface area contributed by atoms with Crippen LogP contribution < -0.4 is 5.32 Å². The fourth-order valence-corrected chi connectivity index (χ4v) is 3.67. The number of nitrogens with one attached hydrogen (secondary N) is 1. The molecule has 0 unspecified atom stereocenters. The van der Waals surface area contributed by atoms with E-state index in [0.29, 0.717) is 31.1 Å². The number of aromatic nitrogens is 5. The fourth-order valence-electron chi connectivity index (χ4n) is 3.02. The van der Waals surface area contributed by atoms with Crippen LogP contribution in [0.3, 0.4) is 0 Å². The maximum absolute atomic E-state index is 12.1. The van der Waals surface area contributed by atoms with Crippen LogP contribution in [0, 0.1) is 0 Å². The number of aryl methyl sites for hydroxylation is 2. The van der Waals surface area contributed by atoms with Gasteiger partial charge in [0, 0.05) is 25.8 Å². The summed E-state index contributed by atoms with van der Waals surface area (Å²) in [7, 11) is 0. The molecule has 3 aromatic rings. The van der Waals surface area contributed by atoms with Gasteiger partial charge in [0.15, 0.2) is 5.82 Å². The zero-order chi connectivity index (χ0) is 17.8. The molecule has 0 fully saturated rings. The first-order chi connectivity index (χ1) is 12.8. The zero-order valence-electron chi connectivity index (χ0n) is 14.3. The van der Waals surface area contributed by atoms with Crippen molar-refractivity contribution >= 4 is 17.2 Å². The van der Waals surface area contributed by atoms with E-state index in [4.69, 9.17) is 4.52 Å². The van der Waals surface area contributed by atoms with Crippen molar-refractivity contribution in [3.8, 4) is 10.7 Å². The Balaban J connectivity index is 1.28. The Morgan fingerprint density at radius 3 is 3.15 bits per heavy atom. The van der Waals surface area contributed by atoms with Gasteiger partial charge in [-0.1, -0.05) is 17.6 Å². The van der Waals surface area contributed by atoms with Gasteiger partial charge < -0.3 is 14.4 Å². The van der Waals surface area contributed by atoms with Gasteiger partial charge in [0.2, 0.25) is 17.6 Å². The molecule has 0 spiro atoms. The van der Waals surface area contributed by atoms with Gasteiger partial charge in [0.05, 0.1) is 11.4 Å². The van der Waals surface area contributed by atoms with E-state index in [9.17, 15) is 4.79 Å². The lowest BCUT2D eigenvalue weighted by atomic mass is 10.2. The molecule has 0 atom stereocenters. The van der Waals surface area contributed by atoms with Crippen molar-refractivity contribution < 1.29 is 9.32 Å². The molecule has 0 aliphatic carbocycles. The monoisotopic (exact) mass is 372 g/mol. The number of carbonyl (C=O) groups is 1. The predicted molar refractivity (Wildman–Crippen MR) is 95.4 cm³/mol. The number of hydrogen-bond acceptors (Lipinski definition) is 7. The Hall–Kier alpha value is -2.55. The molecule has 0 saturated carbocycles. The summed E-state index contributed by atoms with van der Waals surface area (Å²) < 4.78 is 7.35. The van der Waals surface area contributed by atoms with Crippen LogP contribution in [-0.4, -0.2) is 30.8 Å². The molecule has 4 heterocycles. The Labute approximate surface area is 154 Å². The van der Waals surface area contributed by atoms with Crippen LogP contribution in [0.4, 0.5) is 0 Å². The molecule has 26 heavy (non-hydrogen) atoms. The van der Waals surface area contributed by atoms with Crippen LogP contribution in [0.15, 0.2) is 22.0 Å². The Kier molecular flexibility index (Phi) is 5.05. The van der Waals surface area contributed by atoms with E-state index in [1.165, 1.54) is 6.42 Å². The number of fused-ring (bicyclic) bond motifs is 1. The SMILES string of the molecule is O=C(CCc1nc(-c2cccs2)no1)NCc1nnc2n1CCCCC2. The number of carbonyl (C=O) groups excluding carboxylic acids is 1. The molecule has 3 aromatic heterocycles. The van der Waals surface area contributed by atoms with Crippen LogP contribution in [0.2, 0.25) is 0 Å². The third kappa shape index (κ3) is 3.82. The number of hydrogen-bond donors (Lipinski definition) is 1. The molecule has 0 bridgehead atoms. The van der Waals surface area contributed by atoms with Crippen molar-refractivity contribution in [3.63, 3.8) is 0 Å². The summed E-state index contributed by atoms with van der Waals surface area (Å²) in [6, 6.07) is 3.88. The topological polar surface area (TPSA) is 98.7 Å². The number of amides is 1. The normalized spacial score (nSPS) is 14.0. The van der Waals surface area contributed by atoms with Crippen molar-refractivity contribution in [1.82, 2.24) is 30.2 Å². The number of thiophene rings is 1. The first-order valence-corrected chi connectivity index (χ1v) is 9.71. The molecular weight excluding hydrogens is 352 g/mol. The first-order valence-electron chi connectivity index (χ1n) is 8.84. The zero-order valence-corrected chi connectivity index (χ0v) is 15.2. The average molecular weight is 372 g/mol. The summed E-state index contributed by atoms with van der Waals surface area (Å²) in [5, 5.41) is 17.3. The van der Waals surface area contributed by atoms with Gasteiger partial charge in [0.1, 0.15) is 5.82 Å². The fraction of sp³-hybridized carbons (Fsp3) is 0.471. The Morgan fingerprint density at radius 1 is 1.31 bits per heavy atom. The summed E-state index contributed by atoms with van der Waals surface area (Å²) in [4.78, 5) is 17.4. The van der Waals surface area contributed by atoms with E-state index in [2.05, 4.69) is 30.2 Å². The highest BCUT2D eigenvalue weighted by molar-refractivity contribution is 7.13. The van der Waals surface area contributed by atoms with E-state index in [0.717, 1.165) is 42.3 Å². The smallest absolute Gasteiger partial charge is 0.227 e. The highest BCUT2D eigenvalue weighted by Crippen LogP contribution is 2.21. The molecular formula is C17H20N6O2S. The quantitative estimate of drug-likeness (QED) is 0.713. The minimum absolute atomic E-state index is 0.0631. The van der Waals surface area contributed by atoms with Gasteiger partial charge in [-0.2, -0.15) is 4.98 Å². The number of nitrogens with zero attached hydrogens (tertiary/aromatic N) is 5. The standard InChI is InChI=1S/C17H20N6O2S/c24-15(7-8-16-19-17(22-25-16)12-5-4-10-26-12)18-11-14-21-20-13-6-2-1-3-9-23(13)14/h4-5,10H,1-3,6-9,11H2,(H,18,24). The van der Waals surface area contributed by atoms with Crippen LogP contribution >= 0.6 is 11.3 Å². The summed E-state index contributed by atoms with van der Waals surface area (Å²) in [5.41, 5.74) is 0. The maximum atomic E-state index is 12.1. The molecule has 8 nitrogen and oxygen atoms in total. The molecule has 4 rings (SSSR count). The predicted octanol–water partition coefficient (Wildman–Crippen LogP) is 2.37. The maximum Gasteiger partial charge on any atom is 0.227 e. The largest absolute Gasteiger partial charge is 0.349 e. The lowest BCUT2D eigenvalue weighted by Gasteiger charge is -2.07. The molecule has 0 saturated heterocycles. The van der Waals surface area contributed by atoms with Gasteiger partial charge in [-0.25, -0.2) is 0 Å². The summed E-state index contributed by atoms with van der Waals surface area (Å²) >= 11 is 1.55. The van der Waals surface area contributed by atoms with Crippen LogP contribution in [0.25, 0.3) is 10.7 Å². The van der Waals surface area contributed by atoms with E-state index in [1.807, 2.05) is 17.5 Å². The van der Waals surface area contributed by atoms with E-state index in [1.54, 1.807) is 11.3 Å². The van der Waals surface area contributed by atoms with Crippen molar-refractivity contribution in [2.75, 3.05) is 0 Å². The van der Waals surface area contributed by atoms with Crippen LogP contribution in [0.5, 0.6) is 0 Å². The summed E-state index contributed by atoms with van der Waals surface area (Å²) in [6.45, 7) is 1.33. The highest BCUT2D eigenvalue weighted by atomic mass is 32.1. The first kappa shape index (κ1) is 16.9. The van der Waals surface area contributed by atoms with E-state index < -0.39 is 0 Å². The minimum Gasteiger partial charge on any atom is -0.349 e. The Morgan fingerprint density at radius 2 is 2.27 bits per heavy atom. The second kappa shape index (κ2) is 7.77. The molecule has 0 radical (unpaired) electrons. The molecule has 1 N–H and O–H groups in total. The number of rotatable bonds is 6. The molecule has 1 aliphatic rings. The third-order valence-corrected chi connectivity index (χ3v) is 5.27. The van der Waals surface area contributed by atoms with Gasteiger partial charge in [-0.15, -0.1) is 21.5 Å². The second-order valence-corrected chi connectivity index (χ2v) is 7.21. The Bertz CT molecular complexity index is 870. The molecule has 136 valence electrons. The van der Waals surface area contributed by atoms with Gasteiger partial charge in [-0.05, 0) is 24.3 Å². The highest BCUT2D eigenvalue weighted by Gasteiger charge is 2.16. The van der Waals surface area contributed by atoms with Crippen molar-refractivity contribution in [3.05, 3.63) is 35.1 Å². The van der Waals surface area contributed by atoms with Gasteiger partial charge in [0.25, 0.3) is 0 Å². The van der Waals surface area contributed by atoms with Crippen LogP contribution in [-0.2, 0) is 30.7 Å². The minimum atomic E-state index is -0.0631. The molecule has 1 aliphatic heterocycles. The summed E-state index contributed by atoms with van der Waals surface area (Å²) in [5.74, 6) is 2.83. The van der Waals surface area contributed by atoms with Crippen LogP contribution in [0.1, 0.15) is 43.2 Å². The van der Waals surface area contributed by atoms with Gasteiger partial charge in [-0.3, -0.25) is 4.79 Å². The average Bonchev–Trinajstić information content (AvgIpc) is 3.37. The molecule has 0 aromatic carbocycles. The lowest BCUT2D eigenvalue weighted by molar-refractivity contribution is -0.121. The van der Waals surface area contributed by atoms with Gasteiger partial charge >= 0.3 is 0 Å². The van der Waals surface area contributed by atoms with Crippen molar-refractivity contribution in [2.45, 2.75) is 51.6 Å². The van der Waals surface area contributed by atoms with E-state index >= 15 is 0 Å².